The van der Waals surface area contributed by atoms with Gasteiger partial charge in [-0.05, 0) is 37.3 Å². The van der Waals surface area contributed by atoms with Gasteiger partial charge in [0.1, 0.15) is 5.82 Å². The Kier molecular flexibility index (Phi) is 4.78. The van der Waals surface area contributed by atoms with Crippen LogP contribution < -0.4 is 16.4 Å². The molecule has 4 aromatic rings. The summed E-state index contributed by atoms with van der Waals surface area (Å²) < 4.78 is 30.6. The molecule has 0 aliphatic rings. The van der Waals surface area contributed by atoms with E-state index in [-0.39, 0.29) is 10.8 Å². The number of oxazole rings is 1. The van der Waals surface area contributed by atoms with Crippen molar-refractivity contribution in [3.63, 3.8) is 0 Å². The van der Waals surface area contributed by atoms with E-state index in [4.69, 9.17) is 4.42 Å². The molecule has 2 aromatic carbocycles. The van der Waals surface area contributed by atoms with Crippen molar-refractivity contribution in [3.8, 4) is 0 Å². The number of aryl methyl sites for hydroxylation is 2. The summed E-state index contributed by atoms with van der Waals surface area (Å²) in [6.45, 7) is 1.85. The minimum absolute atomic E-state index is 0.162. The number of nitrogens with one attached hydrogen (secondary N) is 2. The van der Waals surface area contributed by atoms with Crippen LogP contribution >= 0.6 is 0 Å². The summed E-state index contributed by atoms with van der Waals surface area (Å²) in [4.78, 5) is 20.6. The molecule has 0 bridgehead atoms. The molecule has 2 aromatic heterocycles. The molecule has 0 fully saturated rings. The molecule has 0 radical (unpaired) electrons. The fraction of sp³-hybridized carbons (Fsp3) is 0.150. The molecule has 0 aliphatic carbocycles. The summed E-state index contributed by atoms with van der Waals surface area (Å²) in [5.74, 6) is 0.351. The average Bonchev–Trinajstić information content (AvgIpc) is 2.98. The Labute approximate surface area is 172 Å². The van der Waals surface area contributed by atoms with E-state index in [1.54, 1.807) is 49.6 Å². The van der Waals surface area contributed by atoms with Gasteiger partial charge in [-0.2, -0.15) is 4.98 Å². The van der Waals surface area contributed by atoms with Crippen LogP contribution in [0.5, 0.6) is 0 Å². The monoisotopic (exact) mass is 425 g/mol. The predicted molar refractivity (Wildman–Crippen MR) is 114 cm³/mol. The van der Waals surface area contributed by atoms with Gasteiger partial charge >= 0.3 is 5.76 Å². The lowest BCUT2D eigenvalue weighted by Gasteiger charge is -2.13. The van der Waals surface area contributed by atoms with Gasteiger partial charge < -0.3 is 15.1 Å². The first-order valence-corrected chi connectivity index (χ1v) is 10.9. The Morgan fingerprint density at radius 1 is 1.10 bits per heavy atom. The summed E-state index contributed by atoms with van der Waals surface area (Å²) in [6, 6.07) is 11.8. The lowest BCUT2D eigenvalue weighted by molar-refractivity contribution is 0.528. The molecular formula is C20H19N5O4S. The highest BCUT2D eigenvalue weighted by atomic mass is 32.2. The van der Waals surface area contributed by atoms with Crippen molar-refractivity contribution in [1.29, 1.82) is 0 Å². The number of sulfone groups is 1. The van der Waals surface area contributed by atoms with Crippen LogP contribution in [0, 0.1) is 6.92 Å². The number of benzene rings is 2. The fourth-order valence-electron chi connectivity index (χ4n) is 2.98. The zero-order chi connectivity index (χ0) is 21.5. The summed E-state index contributed by atoms with van der Waals surface area (Å²) >= 11 is 0. The van der Waals surface area contributed by atoms with Crippen LogP contribution in [0.25, 0.3) is 11.1 Å². The maximum Gasteiger partial charge on any atom is 0.419 e. The first-order valence-electron chi connectivity index (χ1n) is 8.99. The molecule has 154 valence electrons. The predicted octanol–water partition coefficient (Wildman–Crippen LogP) is 3.12. The Bertz CT molecular complexity index is 1420. The summed E-state index contributed by atoms with van der Waals surface area (Å²) in [5, 5.41) is 6.18. The van der Waals surface area contributed by atoms with Gasteiger partial charge in [0.25, 0.3) is 0 Å². The molecule has 0 saturated heterocycles. The van der Waals surface area contributed by atoms with E-state index in [1.165, 1.54) is 10.6 Å². The molecule has 4 rings (SSSR count). The number of aromatic nitrogens is 3. The number of para-hydroxylation sites is 1. The lowest BCUT2D eigenvalue weighted by atomic mass is 10.2. The first-order chi connectivity index (χ1) is 14.2. The van der Waals surface area contributed by atoms with Crippen molar-refractivity contribution in [1.82, 2.24) is 14.5 Å². The zero-order valence-corrected chi connectivity index (χ0v) is 17.3. The molecule has 0 unspecified atom stereocenters. The molecule has 2 heterocycles. The van der Waals surface area contributed by atoms with Crippen molar-refractivity contribution in [2.45, 2.75) is 11.8 Å². The largest absolute Gasteiger partial charge is 0.419 e. The van der Waals surface area contributed by atoms with Gasteiger partial charge in [0.05, 0.1) is 16.1 Å². The standard InChI is InChI=1S/C20H19N5O4S/c1-12-11-21-19(23-14-6-4-5-7-17(14)30(3,27)28)24-18(12)22-13-8-9-16-15(10-13)25(2)20(26)29-16/h4-11H,1-3H3,(H2,21,22,23,24). The second-order valence-electron chi connectivity index (χ2n) is 6.85. The van der Waals surface area contributed by atoms with Crippen molar-refractivity contribution in [3.05, 3.63) is 64.8 Å². The molecule has 0 atom stereocenters. The van der Waals surface area contributed by atoms with Crippen LogP contribution in [0.1, 0.15) is 5.56 Å². The summed E-state index contributed by atoms with van der Waals surface area (Å²) in [6.07, 6.45) is 2.78. The van der Waals surface area contributed by atoms with Crippen LogP contribution in [-0.2, 0) is 16.9 Å². The number of rotatable bonds is 5. The summed E-state index contributed by atoms with van der Waals surface area (Å²) in [7, 11) is -1.78. The number of fused-ring (bicyclic) bond motifs is 1. The van der Waals surface area contributed by atoms with Gasteiger partial charge in [-0.25, -0.2) is 18.2 Å². The lowest BCUT2D eigenvalue weighted by Crippen LogP contribution is -2.08. The minimum atomic E-state index is -3.41. The third-order valence-corrected chi connectivity index (χ3v) is 5.71. The van der Waals surface area contributed by atoms with Gasteiger partial charge in [0, 0.05) is 30.8 Å². The second-order valence-corrected chi connectivity index (χ2v) is 8.84. The van der Waals surface area contributed by atoms with Gasteiger partial charge in [-0.15, -0.1) is 0 Å². The molecule has 0 amide bonds. The average molecular weight is 425 g/mol. The van der Waals surface area contributed by atoms with Crippen LogP contribution in [-0.4, -0.2) is 29.2 Å². The van der Waals surface area contributed by atoms with Crippen LogP contribution in [0.3, 0.4) is 0 Å². The Morgan fingerprint density at radius 3 is 2.63 bits per heavy atom. The van der Waals surface area contributed by atoms with E-state index >= 15 is 0 Å². The molecule has 9 nitrogen and oxygen atoms in total. The Morgan fingerprint density at radius 2 is 1.87 bits per heavy atom. The quantitative estimate of drug-likeness (QED) is 0.501. The third kappa shape index (κ3) is 3.77. The smallest absolute Gasteiger partial charge is 0.408 e. The zero-order valence-electron chi connectivity index (χ0n) is 16.5. The topological polar surface area (TPSA) is 119 Å². The van der Waals surface area contributed by atoms with E-state index in [2.05, 4.69) is 20.6 Å². The number of hydrogen-bond donors (Lipinski definition) is 2. The first kappa shape index (κ1) is 19.6. The number of nitrogens with zero attached hydrogens (tertiary/aromatic N) is 3. The Balaban J connectivity index is 1.67. The number of anilines is 4. The highest BCUT2D eigenvalue weighted by molar-refractivity contribution is 7.90. The SMILES string of the molecule is Cc1cnc(Nc2ccccc2S(C)(=O)=O)nc1Nc1ccc2oc(=O)n(C)c2c1. The minimum Gasteiger partial charge on any atom is -0.408 e. The molecule has 2 N–H and O–H groups in total. The normalized spacial score (nSPS) is 11.6. The molecule has 0 saturated carbocycles. The van der Waals surface area contributed by atoms with Crippen molar-refractivity contribution >= 4 is 44.1 Å². The molecule has 30 heavy (non-hydrogen) atoms. The van der Waals surface area contributed by atoms with Gasteiger partial charge in [-0.1, -0.05) is 12.1 Å². The van der Waals surface area contributed by atoms with E-state index in [0.717, 1.165) is 11.8 Å². The maximum atomic E-state index is 12.0. The molecule has 0 spiro atoms. The van der Waals surface area contributed by atoms with Gasteiger partial charge in [0.15, 0.2) is 15.4 Å². The van der Waals surface area contributed by atoms with Crippen molar-refractivity contribution < 1.29 is 12.8 Å². The van der Waals surface area contributed by atoms with Gasteiger partial charge in [-0.3, -0.25) is 4.57 Å². The third-order valence-electron chi connectivity index (χ3n) is 4.56. The van der Waals surface area contributed by atoms with E-state index in [1.807, 2.05) is 6.92 Å². The van der Waals surface area contributed by atoms with Crippen LogP contribution in [0.15, 0.2) is 62.8 Å². The van der Waals surface area contributed by atoms with Crippen LogP contribution in [0.4, 0.5) is 23.1 Å². The molecule has 0 aliphatic heterocycles. The van der Waals surface area contributed by atoms with E-state index in [0.29, 0.717) is 28.3 Å². The van der Waals surface area contributed by atoms with Crippen molar-refractivity contribution in [2.24, 2.45) is 7.05 Å². The Hall–Kier alpha value is -3.66. The van der Waals surface area contributed by atoms with E-state index in [9.17, 15) is 13.2 Å². The van der Waals surface area contributed by atoms with E-state index < -0.39 is 15.6 Å². The maximum absolute atomic E-state index is 12.0. The summed E-state index contributed by atoms with van der Waals surface area (Å²) in [5.41, 5.74) is 3.04. The number of hydrogen-bond acceptors (Lipinski definition) is 8. The highest BCUT2D eigenvalue weighted by Crippen LogP contribution is 2.26. The fourth-order valence-corrected chi connectivity index (χ4v) is 3.83. The molecule has 10 heteroatoms. The second kappa shape index (κ2) is 7.30. The highest BCUT2D eigenvalue weighted by Gasteiger charge is 2.14. The van der Waals surface area contributed by atoms with Crippen LogP contribution in [0.2, 0.25) is 0 Å². The molecular weight excluding hydrogens is 406 g/mol. The van der Waals surface area contributed by atoms with Gasteiger partial charge in [0.2, 0.25) is 5.95 Å². The van der Waals surface area contributed by atoms with Crippen molar-refractivity contribution in [2.75, 3.05) is 16.9 Å².